The van der Waals surface area contributed by atoms with Gasteiger partial charge >= 0.3 is 0 Å². The van der Waals surface area contributed by atoms with Crippen molar-refractivity contribution in [1.29, 1.82) is 5.26 Å². The van der Waals surface area contributed by atoms with Gasteiger partial charge in [0, 0.05) is 19.0 Å². The van der Waals surface area contributed by atoms with Crippen LogP contribution in [-0.4, -0.2) is 12.6 Å². The number of rotatable bonds is 3. The van der Waals surface area contributed by atoms with Crippen molar-refractivity contribution in [3.05, 3.63) is 0 Å². The third kappa shape index (κ3) is 1.67. The highest BCUT2D eigenvalue weighted by Crippen LogP contribution is 2.53. The van der Waals surface area contributed by atoms with Gasteiger partial charge in [-0.05, 0) is 55.8 Å². The SMILES string of the molecule is N#CCCNC1C2CC3CC(C2)CC1C3. The molecule has 4 bridgehead atoms. The van der Waals surface area contributed by atoms with Crippen molar-refractivity contribution >= 4 is 0 Å². The molecule has 0 heterocycles. The Morgan fingerprint density at radius 1 is 1.00 bits per heavy atom. The molecule has 0 amide bonds. The van der Waals surface area contributed by atoms with E-state index >= 15 is 0 Å². The maximum atomic E-state index is 8.56. The lowest BCUT2D eigenvalue weighted by Gasteiger charge is -2.54. The molecule has 15 heavy (non-hydrogen) atoms. The minimum Gasteiger partial charge on any atom is -0.312 e. The third-order valence-corrected chi connectivity index (χ3v) is 4.84. The van der Waals surface area contributed by atoms with E-state index in [2.05, 4.69) is 11.4 Å². The average Bonchev–Trinajstić information content (AvgIpc) is 2.21. The van der Waals surface area contributed by atoms with E-state index in [0.717, 1.165) is 36.3 Å². The van der Waals surface area contributed by atoms with Crippen molar-refractivity contribution in [1.82, 2.24) is 5.32 Å². The van der Waals surface area contributed by atoms with Crippen LogP contribution >= 0.6 is 0 Å². The molecule has 0 unspecified atom stereocenters. The molecule has 0 aliphatic heterocycles. The first-order valence-corrected chi connectivity index (χ1v) is 6.47. The Balaban J connectivity index is 1.63. The molecule has 82 valence electrons. The molecule has 1 N–H and O–H groups in total. The number of nitriles is 1. The zero-order valence-electron chi connectivity index (χ0n) is 9.28. The van der Waals surface area contributed by atoms with Crippen LogP contribution in [0, 0.1) is 35.0 Å². The Bertz CT molecular complexity index is 251. The summed E-state index contributed by atoms with van der Waals surface area (Å²) in [6, 6.07) is 2.98. The fraction of sp³-hybridized carbons (Fsp3) is 0.923. The lowest BCUT2D eigenvalue weighted by Crippen LogP contribution is -2.54. The molecule has 4 saturated carbocycles. The van der Waals surface area contributed by atoms with Gasteiger partial charge in [-0.15, -0.1) is 0 Å². The predicted octanol–water partition coefficient (Wildman–Crippen LogP) is 2.31. The van der Waals surface area contributed by atoms with E-state index in [1.54, 1.807) is 0 Å². The summed E-state index contributed by atoms with van der Waals surface area (Å²) in [5.74, 6) is 4.00. The van der Waals surface area contributed by atoms with E-state index in [4.69, 9.17) is 5.26 Å². The van der Waals surface area contributed by atoms with Crippen molar-refractivity contribution in [3.8, 4) is 6.07 Å². The van der Waals surface area contributed by atoms with Gasteiger partial charge in [0.1, 0.15) is 0 Å². The van der Waals surface area contributed by atoms with E-state index in [9.17, 15) is 0 Å². The van der Waals surface area contributed by atoms with E-state index in [1.165, 1.54) is 32.1 Å². The molecule has 0 spiro atoms. The van der Waals surface area contributed by atoms with Crippen molar-refractivity contribution in [2.45, 2.75) is 44.6 Å². The van der Waals surface area contributed by atoms with Crippen molar-refractivity contribution in [2.75, 3.05) is 6.54 Å². The first-order chi connectivity index (χ1) is 7.36. The number of hydrogen-bond acceptors (Lipinski definition) is 2. The van der Waals surface area contributed by atoms with Crippen LogP contribution in [-0.2, 0) is 0 Å². The van der Waals surface area contributed by atoms with Crippen LogP contribution in [0.3, 0.4) is 0 Å². The van der Waals surface area contributed by atoms with E-state index < -0.39 is 0 Å². The summed E-state index contributed by atoms with van der Waals surface area (Å²) >= 11 is 0. The number of nitrogens with one attached hydrogen (secondary N) is 1. The minimum absolute atomic E-state index is 0.669. The first-order valence-electron chi connectivity index (χ1n) is 6.47. The molecule has 0 aromatic rings. The second-order valence-corrected chi connectivity index (χ2v) is 5.82. The Labute approximate surface area is 92.0 Å². The fourth-order valence-electron chi connectivity index (χ4n) is 4.55. The third-order valence-electron chi connectivity index (χ3n) is 4.84. The zero-order valence-corrected chi connectivity index (χ0v) is 9.28. The first kappa shape index (κ1) is 9.66. The highest BCUT2D eigenvalue weighted by atomic mass is 14.9. The van der Waals surface area contributed by atoms with Gasteiger partial charge < -0.3 is 5.32 Å². The maximum Gasteiger partial charge on any atom is 0.0635 e. The van der Waals surface area contributed by atoms with Crippen LogP contribution < -0.4 is 5.32 Å². The topological polar surface area (TPSA) is 35.8 Å². The molecule has 0 aromatic heterocycles. The van der Waals surface area contributed by atoms with Gasteiger partial charge in [-0.3, -0.25) is 0 Å². The monoisotopic (exact) mass is 204 g/mol. The van der Waals surface area contributed by atoms with E-state index in [-0.39, 0.29) is 0 Å². The molecular formula is C13H20N2. The van der Waals surface area contributed by atoms with E-state index in [0.29, 0.717) is 6.42 Å². The van der Waals surface area contributed by atoms with Gasteiger partial charge in [0.05, 0.1) is 6.07 Å². The van der Waals surface area contributed by atoms with E-state index in [1.807, 2.05) is 0 Å². The fourth-order valence-corrected chi connectivity index (χ4v) is 4.55. The molecule has 0 aromatic carbocycles. The molecule has 0 saturated heterocycles. The standard InChI is InChI=1S/C13H20N2/c14-2-1-3-15-13-11-5-9-4-10(7-11)8-12(13)6-9/h9-13,15H,1,3-8H2. The van der Waals surface area contributed by atoms with Gasteiger partial charge in [-0.25, -0.2) is 0 Å². The Morgan fingerprint density at radius 3 is 2.13 bits per heavy atom. The maximum absolute atomic E-state index is 8.56. The minimum atomic E-state index is 0.669. The normalized spacial score (nSPS) is 46.7. The summed E-state index contributed by atoms with van der Waals surface area (Å²) in [6.45, 7) is 0.906. The average molecular weight is 204 g/mol. The second kappa shape index (κ2) is 3.79. The molecule has 4 fully saturated rings. The van der Waals surface area contributed by atoms with Crippen LogP contribution in [0.1, 0.15) is 38.5 Å². The molecule has 0 radical (unpaired) electrons. The van der Waals surface area contributed by atoms with Crippen LogP contribution in [0.25, 0.3) is 0 Å². The Morgan fingerprint density at radius 2 is 1.60 bits per heavy atom. The number of nitrogens with zero attached hydrogens (tertiary/aromatic N) is 1. The molecular weight excluding hydrogens is 184 g/mol. The molecule has 4 aliphatic carbocycles. The van der Waals surface area contributed by atoms with Crippen molar-refractivity contribution < 1.29 is 0 Å². The summed E-state index contributed by atoms with van der Waals surface area (Å²) in [7, 11) is 0. The highest BCUT2D eigenvalue weighted by molar-refractivity contribution is 5.01. The van der Waals surface area contributed by atoms with Crippen molar-refractivity contribution in [3.63, 3.8) is 0 Å². The molecule has 4 aliphatic rings. The van der Waals surface area contributed by atoms with Crippen LogP contribution in [0.4, 0.5) is 0 Å². The quantitative estimate of drug-likeness (QED) is 0.716. The summed E-state index contributed by atoms with van der Waals surface area (Å²) in [5, 5.41) is 12.2. The number of hydrogen-bond donors (Lipinski definition) is 1. The molecule has 0 atom stereocenters. The van der Waals surface area contributed by atoms with Crippen LogP contribution in [0.5, 0.6) is 0 Å². The van der Waals surface area contributed by atoms with Crippen LogP contribution in [0.2, 0.25) is 0 Å². The van der Waals surface area contributed by atoms with Gasteiger partial charge in [0.2, 0.25) is 0 Å². The summed E-state index contributed by atoms with van der Waals surface area (Å²) in [6.07, 6.45) is 8.07. The zero-order chi connectivity index (χ0) is 10.3. The van der Waals surface area contributed by atoms with Crippen LogP contribution in [0.15, 0.2) is 0 Å². The molecule has 2 nitrogen and oxygen atoms in total. The highest BCUT2D eigenvalue weighted by Gasteiger charge is 2.47. The second-order valence-electron chi connectivity index (χ2n) is 5.82. The van der Waals surface area contributed by atoms with Gasteiger partial charge in [-0.2, -0.15) is 5.26 Å². The lowest BCUT2D eigenvalue weighted by molar-refractivity contribution is -0.0132. The van der Waals surface area contributed by atoms with Gasteiger partial charge in [-0.1, -0.05) is 0 Å². The molecule has 4 rings (SSSR count). The smallest absolute Gasteiger partial charge is 0.0635 e. The van der Waals surface area contributed by atoms with Gasteiger partial charge in [0.25, 0.3) is 0 Å². The largest absolute Gasteiger partial charge is 0.312 e. The Kier molecular flexibility index (Phi) is 2.44. The summed E-state index contributed by atoms with van der Waals surface area (Å²) < 4.78 is 0. The molecule has 2 heteroatoms. The summed E-state index contributed by atoms with van der Waals surface area (Å²) in [4.78, 5) is 0. The van der Waals surface area contributed by atoms with Crippen molar-refractivity contribution in [2.24, 2.45) is 23.7 Å². The predicted molar refractivity (Wildman–Crippen MR) is 59.1 cm³/mol. The van der Waals surface area contributed by atoms with Gasteiger partial charge in [0.15, 0.2) is 0 Å². The summed E-state index contributed by atoms with van der Waals surface area (Å²) in [5.41, 5.74) is 0. The lowest BCUT2D eigenvalue weighted by atomic mass is 9.54. The Hall–Kier alpha value is -0.550.